The van der Waals surface area contributed by atoms with Crippen LogP contribution in [0.4, 0.5) is 0 Å². The molecule has 1 aromatic carbocycles. The van der Waals surface area contributed by atoms with Crippen LogP contribution >= 0.6 is 0 Å². The van der Waals surface area contributed by atoms with E-state index in [9.17, 15) is 0 Å². The van der Waals surface area contributed by atoms with Gasteiger partial charge in [0.25, 0.3) is 0 Å². The Balaban J connectivity index is 0.00000342. The van der Waals surface area contributed by atoms with Crippen molar-refractivity contribution in [3.05, 3.63) is 81.8 Å². The van der Waals surface area contributed by atoms with Gasteiger partial charge in [-0.2, -0.15) is 4.98 Å². The number of allylic oxidation sites excluding steroid dienone is 5. The molecule has 1 saturated carbocycles. The molecule has 2 heterocycles. The molecule has 5 heteroatoms. The van der Waals surface area contributed by atoms with Gasteiger partial charge in [0.05, 0.1) is 18.8 Å². The lowest BCUT2D eigenvalue weighted by atomic mass is 10.1. The maximum atomic E-state index is 6.29. The molecule has 35 heavy (non-hydrogen) atoms. The number of hydrogen-bond acceptors (Lipinski definition) is 5. The van der Waals surface area contributed by atoms with Gasteiger partial charge in [-0.3, -0.25) is 0 Å². The Bertz CT molecular complexity index is 1240. The van der Waals surface area contributed by atoms with Crippen molar-refractivity contribution in [3.8, 4) is 5.88 Å². The van der Waals surface area contributed by atoms with Gasteiger partial charge in [-0.05, 0) is 62.1 Å². The molecule has 0 radical (unpaired) electrons. The highest BCUT2D eigenvalue weighted by molar-refractivity contribution is 5.77. The van der Waals surface area contributed by atoms with Crippen LogP contribution in [0.5, 0.6) is 5.88 Å². The molecule has 1 aliphatic carbocycles. The van der Waals surface area contributed by atoms with Gasteiger partial charge in [-0.15, -0.1) is 0 Å². The van der Waals surface area contributed by atoms with Gasteiger partial charge in [0.1, 0.15) is 12.6 Å². The molecule has 186 valence electrons. The van der Waals surface area contributed by atoms with Crippen LogP contribution in [0.2, 0.25) is 0 Å². The van der Waals surface area contributed by atoms with E-state index in [4.69, 9.17) is 9.47 Å². The van der Waals surface area contributed by atoms with Crippen molar-refractivity contribution in [2.24, 2.45) is 11.8 Å². The molecule has 0 saturated heterocycles. The standard InChI is InChI=1S/C29H35N3O2.CH4/c1-6-23-9-7-8-10-24(23)12-11-20(2)27-16-26(27)18-34-29-28(17-30-22(4)31-29)25-13-14-33-19-32(5)21(3)15-25;/h6-13,15,17,26-27H,14,16,18-19H2,1-5H3;1H4/b20-11+,21-15-,23-6-,24-12-,25-13+;/t26-,27-;/m1./s1. The van der Waals surface area contributed by atoms with Gasteiger partial charge >= 0.3 is 0 Å². The molecule has 2 aromatic rings. The first-order chi connectivity index (χ1) is 16.5. The lowest BCUT2D eigenvalue weighted by Gasteiger charge is -2.22. The summed E-state index contributed by atoms with van der Waals surface area (Å²) in [5.41, 5.74) is 4.47. The Morgan fingerprint density at radius 1 is 1.23 bits per heavy atom. The maximum absolute atomic E-state index is 6.29. The topological polar surface area (TPSA) is 47.5 Å². The van der Waals surface area contributed by atoms with E-state index in [1.165, 1.54) is 16.0 Å². The number of ether oxygens (including phenoxy) is 2. The van der Waals surface area contributed by atoms with Crippen molar-refractivity contribution in [1.82, 2.24) is 14.9 Å². The molecule has 0 N–H and O–H groups in total. The van der Waals surface area contributed by atoms with Crippen LogP contribution < -0.4 is 15.2 Å². The third kappa shape index (κ3) is 6.70. The molecular formula is C30H39N3O2. The fraction of sp³-hybridized carbons (Fsp3) is 0.400. The van der Waals surface area contributed by atoms with E-state index in [-0.39, 0.29) is 7.43 Å². The largest absolute Gasteiger partial charge is 0.477 e. The summed E-state index contributed by atoms with van der Waals surface area (Å²) >= 11 is 0. The Morgan fingerprint density at radius 2 is 2.00 bits per heavy atom. The van der Waals surface area contributed by atoms with Crippen LogP contribution in [-0.4, -0.2) is 41.9 Å². The van der Waals surface area contributed by atoms with Crippen LogP contribution in [0, 0.1) is 18.8 Å². The van der Waals surface area contributed by atoms with Gasteiger partial charge in [0.15, 0.2) is 0 Å². The molecule has 1 aromatic heterocycles. The predicted molar refractivity (Wildman–Crippen MR) is 145 cm³/mol. The van der Waals surface area contributed by atoms with Crippen LogP contribution in [0.15, 0.2) is 60.0 Å². The molecular weight excluding hydrogens is 434 g/mol. The summed E-state index contributed by atoms with van der Waals surface area (Å²) in [4.78, 5) is 11.1. The summed E-state index contributed by atoms with van der Waals surface area (Å²) in [7, 11) is 2.03. The van der Waals surface area contributed by atoms with Gasteiger partial charge < -0.3 is 14.4 Å². The molecule has 1 fully saturated rings. The summed E-state index contributed by atoms with van der Waals surface area (Å²) < 4.78 is 12.0. The summed E-state index contributed by atoms with van der Waals surface area (Å²) in [5, 5.41) is 2.52. The second-order valence-electron chi connectivity index (χ2n) is 9.19. The molecule has 0 amide bonds. The van der Waals surface area contributed by atoms with Crippen LogP contribution in [0.1, 0.15) is 46.0 Å². The van der Waals surface area contributed by atoms with E-state index in [1.54, 1.807) is 0 Å². The summed E-state index contributed by atoms with van der Waals surface area (Å²) in [6, 6.07) is 8.48. The first-order valence-corrected chi connectivity index (χ1v) is 12.0. The molecule has 2 aliphatic rings. The number of aryl methyl sites for hydroxylation is 1. The van der Waals surface area contributed by atoms with E-state index >= 15 is 0 Å². The molecule has 0 unspecified atom stereocenters. The van der Waals surface area contributed by atoms with Gasteiger partial charge in [0.2, 0.25) is 5.88 Å². The van der Waals surface area contributed by atoms with E-state index in [2.05, 4.69) is 90.3 Å². The Kier molecular flexibility index (Phi) is 9.05. The average Bonchev–Trinajstić information content (AvgIpc) is 3.62. The highest BCUT2D eigenvalue weighted by Gasteiger charge is 2.38. The highest BCUT2D eigenvalue weighted by atomic mass is 16.5. The van der Waals surface area contributed by atoms with Crippen LogP contribution in [-0.2, 0) is 4.74 Å². The summed E-state index contributed by atoms with van der Waals surface area (Å²) in [6.07, 6.45) is 13.9. The predicted octanol–water partition coefficient (Wildman–Crippen LogP) is 4.87. The fourth-order valence-electron chi connectivity index (χ4n) is 4.23. The maximum Gasteiger partial charge on any atom is 0.224 e. The van der Waals surface area contributed by atoms with Gasteiger partial charge in [0, 0.05) is 24.9 Å². The fourth-order valence-corrected chi connectivity index (χ4v) is 4.23. The zero-order chi connectivity index (χ0) is 24.1. The number of benzene rings is 1. The smallest absolute Gasteiger partial charge is 0.224 e. The number of rotatable bonds is 6. The zero-order valence-corrected chi connectivity index (χ0v) is 20.9. The minimum atomic E-state index is 0. The van der Waals surface area contributed by atoms with Crippen molar-refractivity contribution in [2.75, 3.05) is 27.0 Å². The van der Waals surface area contributed by atoms with E-state index in [0.717, 1.165) is 23.3 Å². The number of nitrogens with zero attached hydrogens (tertiary/aromatic N) is 3. The van der Waals surface area contributed by atoms with E-state index in [1.807, 2.05) is 20.2 Å². The van der Waals surface area contributed by atoms with Crippen LogP contribution in [0.25, 0.3) is 17.7 Å². The minimum absolute atomic E-state index is 0. The quantitative estimate of drug-likeness (QED) is 0.599. The van der Waals surface area contributed by atoms with Crippen molar-refractivity contribution in [2.45, 2.75) is 41.5 Å². The van der Waals surface area contributed by atoms with E-state index in [0.29, 0.717) is 43.5 Å². The number of hydrogen-bond donors (Lipinski definition) is 0. The monoisotopic (exact) mass is 473 g/mol. The molecule has 4 rings (SSSR count). The van der Waals surface area contributed by atoms with Crippen molar-refractivity contribution in [1.29, 1.82) is 0 Å². The van der Waals surface area contributed by atoms with Gasteiger partial charge in [-0.25, -0.2) is 4.98 Å². The molecule has 0 spiro atoms. The van der Waals surface area contributed by atoms with Crippen molar-refractivity contribution < 1.29 is 9.47 Å². The number of aromatic nitrogens is 2. The third-order valence-electron chi connectivity index (χ3n) is 6.63. The van der Waals surface area contributed by atoms with Crippen molar-refractivity contribution >= 4 is 17.7 Å². The second-order valence-corrected chi connectivity index (χ2v) is 9.19. The Labute approximate surface area is 210 Å². The molecule has 2 atom stereocenters. The SMILES string of the molecule is C.C/C=c1/cccc/c1=C/C=C(\C)[C@H]1C[C@@H]1COc1nc(C)ncc1C1=C/COCN(C)/C(C)=C\1. The average molecular weight is 474 g/mol. The molecule has 0 bridgehead atoms. The summed E-state index contributed by atoms with van der Waals surface area (Å²) in [5.74, 6) is 2.44. The Hall–Kier alpha value is -3.18. The highest BCUT2D eigenvalue weighted by Crippen LogP contribution is 2.44. The second kappa shape index (κ2) is 12.0. The zero-order valence-electron chi connectivity index (χ0n) is 20.9. The van der Waals surface area contributed by atoms with Crippen molar-refractivity contribution in [3.63, 3.8) is 0 Å². The minimum Gasteiger partial charge on any atom is -0.477 e. The first-order valence-electron chi connectivity index (χ1n) is 12.0. The molecule has 1 aliphatic heterocycles. The van der Waals surface area contributed by atoms with E-state index < -0.39 is 0 Å². The first kappa shape index (κ1) is 26.4. The van der Waals surface area contributed by atoms with Gasteiger partial charge in [-0.1, -0.05) is 61.6 Å². The third-order valence-corrected chi connectivity index (χ3v) is 6.63. The normalized spacial score (nSPS) is 24.5. The summed E-state index contributed by atoms with van der Waals surface area (Å²) in [6.45, 7) is 10.1. The lowest BCUT2D eigenvalue weighted by molar-refractivity contribution is 0.0783. The van der Waals surface area contributed by atoms with Crippen LogP contribution in [0.3, 0.4) is 0 Å². The lowest BCUT2D eigenvalue weighted by Crippen LogP contribution is -2.22. The molecule has 5 nitrogen and oxygen atoms in total. The Morgan fingerprint density at radius 3 is 2.77 bits per heavy atom.